The Balaban J connectivity index is 2.11. The molecule has 20 heavy (non-hydrogen) atoms. The first kappa shape index (κ1) is 12.9. The molecule has 3 heterocycles. The van der Waals surface area contributed by atoms with Crippen LogP contribution in [0.2, 0.25) is 0 Å². The van der Waals surface area contributed by atoms with Gasteiger partial charge in [-0.05, 0) is 0 Å². The molecular weight excluding hydrogens is 277 g/mol. The molecule has 0 unspecified atom stereocenters. The zero-order chi connectivity index (χ0) is 14.3. The quantitative estimate of drug-likeness (QED) is 0.826. The standard InChI is InChI=1S/C10H11F3N6O/c11-10(12,13)6-5-15-19-7(6)16-9(17-8(19)14)18-1-3-20-4-2-18/h5H,1-4H2,(H2,14,16,17). The van der Waals surface area contributed by atoms with E-state index in [1.54, 1.807) is 4.90 Å². The molecule has 1 saturated heterocycles. The van der Waals surface area contributed by atoms with Gasteiger partial charge in [0.05, 0.1) is 19.4 Å². The van der Waals surface area contributed by atoms with Gasteiger partial charge in [-0.3, -0.25) is 0 Å². The Morgan fingerprint density at radius 2 is 1.90 bits per heavy atom. The van der Waals surface area contributed by atoms with Gasteiger partial charge in [-0.1, -0.05) is 0 Å². The summed E-state index contributed by atoms with van der Waals surface area (Å²) in [6.07, 6.45) is -3.84. The van der Waals surface area contributed by atoms with E-state index in [1.165, 1.54) is 0 Å². The van der Waals surface area contributed by atoms with Crippen molar-refractivity contribution in [1.29, 1.82) is 0 Å². The summed E-state index contributed by atoms with van der Waals surface area (Å²) in [7, 11) is 0. The van der Waals surface area contributed by atoms with Crippen molar-refractivity contribution >= 4 is 17.5 Å². The molecule has 0 spiro atoms. The molecular formula is C10H11F3N6O. The van der Waals surface area contributed by atoms with Crippen molar-refractivity contribution in [1.82, 2.24) is 19.6 Å². The number of hydrogen-bond acceptors (Lipinski definition) is 6. The van der Waals surface area contributed by atoms with Crippen LogP contribution in [-0.2, 0) is 10.9 Å². The highest BCUT2D eigenvalue weighted by Crippen LogP contribution is 2.32. The van der Waals surface area contributed by atoms with Crippen LogP contribution in [0, 0.1) is 0 Å². The fourth-order valence-electron chi connectivity index (χ4n) is 1.99. The van der Waals surface area contributed by atoms with E-state index in [4.69, 9.17) is 10.5 Å². The second-order valence-corrected chi connectivity index (χ2v) is 4.27. The molecule has 0 amide bonds. The minimum atomic E-state index is -4.54. The Kier molecular flexibility index (Phi) is 2.89. The molecule has 10 heteroatoms. The number of halogens is 3. The number of fused-ring (bicyclic) bond motifs is 1. The fraction of sp³-hybridized carbons (Fsp3) is 0.500. The molecule has 0 saturated carbocycles. The number of ether oxygens (including phenoxy) is 1. The van der Waals surface area contributed by atoms with Gasteiger partial charge in [0.15, 0.2) is 5.65 Å². The number of aromatic nitrogens is 4. The number of rotatable bonds is 1. The first-order valence-corrected chi connectivity index (χ1v) is 5.88. The largest absolute Gasteiger partial charge is 0.421 e. The summed E-state index contributed by atoms with van der Waals surface area (Å²) in [5.74, 6) is 0.0243. The lowest BCUT2D eigenvalue weighted by Gasteiger charge is -2.26. The van der Waals surface area contributed by atoms with E-state index in [-0.39, 0.29) is 17.5 Å². The van der Waals surface area contributed by atoms with Gasteiger partial charge in [-0.25, -0.2) is 0 Å². The van der Waals surface area contributed by atoms with Gasteiger partial charge in [-0.15, -0.1) is 0 Å². The van der Waals surface area contributed by atoms with Crippen molar-refractivity contribution < 1.29 is 17.9 Å². The van der Waals surface area contributed by atoms with Crippen molar-refractivity contribution in [3.05, 3.63) is 11.8 Å². The molecule has 108 valence electrons. The molecule has 2 N–H and O–H groups in total. The lowest BCUT2D eigenvalue weighted by molar-refractivity contribution is -0.136. The average Bonchev–Trinajstić information content (AvgIpc) is 2.84. The van der Waals surface area contributed by atoms with E-state index in [0.717, 1.165) is 4.52 Å². The number of nitrogens with zero attached hydrogens (tertiary/aromatic N) is 5. The third kappa shape index (κ3) is 2.11. The van der Waals surface area contributed by atoms with Crippen molar-refractivity contribution in [2.24, 2.45) is 0 Å². The zero-order valence-electron chi connectivity index (χ0n) is 10.3. The van der Waals surface area contributed by atoms with Crippen LogP contribution in [0.1, 0.15) is 5.56 Å². The first-order valence-electron chi connectivity index (χ1n) is 5.88. The van der Waals surface area contributed by atoms with Crippen LogP contribution < -0.4 is 10.6 Å². The average molecular weight is 288 g/mol. The van der Waals surface area contributed by atoms with Crippen LogP contribution in [0.15, 0.2) is 6.20 Å². The van der Waals surface area contributed by atoms with Crippen molar-refractivity contribution in [2.45, 2.75) is 6.18 Å². The molecule has 0 radical (unpaired) electrons. The normalized spacial score (nSPS) is 16.9. The Bertz CT molecular complexity index is 634. The summed E-state index contributed by atoms with van der Waals surface area (Å²) in [5, 5.41) is 3.57. The SMILES string of the molecule is Nc1nc(N2CCOCC2)nc2c(C(F)(F)F)cnn12. The van der Waals surface area contributed by atoms with Crippen LogP contribution in [0.25, 0.3) is 5.65 Å². The maximum atomic E-state index is 12.9. The van der Waals surface area contributed by atoms with Gasteiger partial charge in [0.25, 0.3) is 0 Å². The number of alkyl halides is 3. The topological polar surface area (TPSA) is 81.6 Å². The second-order valence-electron chi connectivity index (χ2n) is 4.27. The van der Waals surface area contributed by atoms with Crippen molar-refractivity contribution in [2.75, 3.05) is 36.9 Å². The van der Waals surface area contributed by atoms with E-state index in [9.17, 15) is 13.2 Å². The van der Waals surface area contributed by atoms with Crippen LogP contribution >= 0.6 is 0 Å². The summed E-state index contributed by atoms with van der Waals surface area (Å²) < 4.78 is 44.7. The molecule has 3 rings (SSSR count). The molecule has 0 aromatic carbocycles. The highest BCUT2D eigenvalue weighted by atomic mass is 19.4. The molecule has 2 aromatic heterocycles. The highest BCUT2D eigenvalue weighted by Gasteiger charge is 2.36. The van der Waals surface area contributed by atoms with Gasteiger partial charge in [0, 0.05) is 13.1 Å². The summed E-state index contributed by atoms with van der Waals surface area (Å²) in [6, 6.07) is 0. The number of nitrogens with two attached hydrogens (primary N) is 1. The third-order valence-corrected chi connectivity index (χ3v) is 2.98. The Morgan fingerprint density at radius 1 is 1.20 bits per heavy atom. The minimum absolute atomic E-state index is 0.132. The number of morpholine rings is 1. The molecule has 2 aromatic rings. The van der Waals surface area contributed by atoms with Crippen LogP contribution in [0.5, 0.6) is 0 Å². The summed E-state index contributed by atoms with van der Waals surface area (Å²) in [4.78, 5) is 9.67. The smallest absolute Gasteiger partial charge is 0.378 e. The van der Waals surface area contributed by atoms with Crippen LogP contribution in [-0.4, -0.2) is 45.9 Å². The van der Waals surface area contributed by atoms with Crippen LogP contribution in [0.3, 0.4) is 0 Å². The van der Waals surface area contributed by atoms with Gasteiger partial charge >= 0.3 is 6.18 Å². The maximum absolute atomic E-state index is 12.9. The first-order chi connectivity index (χ1) is 9.47. The van der Waals surface area contributed by atoms with E-state index in [1.807, 2.05) is 0 Å². The number of anilines is 2. The second kappa shape index (κ2) is 4.47. The Labute approximate surface area is 111 Å². The minimum Gasteiger partial charge on any atom is -0.378 e. The third-order valence-electron chi connectivity index (χ3n) is 2.98. The van der Waals surface area contributed by atoms with E-state index in [0.29, 0.717) is 32.5 Å². The maximum Gasteiger partial charge on any atom is 0.421 e. The predicted octanol–water partition coefficient (Wildman–Crippen LogP) is 0.562. The Morgan fingerprint density at radius 3 is 2.55 bits per heavy atom. The molecule has 7 nitrogen and oxygen atoms in total. The number of nitrogen functional groups attached to an aromatic ring is 1. The van der Waals surface area contributed by atoms with Gasteiger partial charge in [-0.2, -0.15) is 32.8 Å². The van der Waals surface area contributed by atoms with E-state index in [2.05, 4.69) is 15.1 Å². The van der Waals surface area contributed by atoms with Gasteiger partial charge < -0.3 is 15.4 Å². The lowest BCUT2D eigenvalue weighted by Crippen LogP contribution is -2.37. The molecule has 1 aliphatic heterocycles. The molecule has 0 aliphatic carbocycles. The Hall–Kier alpha value is -2.10. The monoisotopic (exact) mass is 288 g/mol. The summed E-state index contributed by atoms with van der Waals surface area (Å²) in [6.45, 7) is 1.95. The lowest BCUT2D eigenvalue weighted by atomic mass is 10.3. The van der Waals surface area contributed by atoms with Crippen molar-refractivity contribution in [3.8, 4) is 0 Å². The fourth-order valence-corrected chi connectivity index (χ4v) is 1.99. The number of hydrogen-bond donors (Lipinski definition) is 1. The highest BCUT2D eigenvalue weighted by molar-refractivity contribution is 5.55. The molecule has 0 atom stereocenters. The van der Waals surface area contributed by atoms with E-state index < -0.39 is 11.7 Å². The zero-order valence-corrected chi connectivity index (χ0v) is 10.3. The molecule has 1 aliphatic rings. The molecule has 0 bridgehead atoms. The van der Waals surface area contributed by atoms with Gasteiger partial charge in [0.1, 0.15) is 5.56 Å². The molecule has 1 fully saturated rings. The van der Waals surface area contributed by atoms with Crippen molar-refractivity contribution in [3.63, 3.8) is 0 Å². The van der Waals surface area contributed by atoms with Gasteiger partial charge in [0.2, 0.25) is 11.9 Å². The predicted molar refractivity (Wildman–Crippen MR) is 63.2 cm³/mol. The van der Waals surface area contributed by atoms with Crippen LogP contribution in [0.4, 0.5) is 25.1 Å². The summed E-state index contributed by atoms with van der Waals surface area (Å²) in [5.41, 5.74) is 4.37. The van der Waals surface area contributed by atoms with E-state index >= 15 is 0 Å². The summed E-state index contributed by atoms with van der Waals surface area (Å²) >= 11 is 0.